The molecule has 1 aromatic heterocycles. The normalized spacial score (nSPS) is 13.7. The van der Waals surface area contributed by atoms with E-state index in [9.17, 15) is 9.90 Å². The summed E-state index contributed by atoms with van der Waals surface area (Å²) in [7, 11) is 0. The van der Waals surface area contributed by atoms with Crippen LogP contribution in [0.25, 0.3) is 0 Å². The molecule has 5 heteroatoms. The lowest BCUT2D eigenvalue weighted by molar-refractivity contribution is -0.137. The quantitative estimate of drug-likeness (QED) is 0.168. The Kier molecular flexibility index (Phi) is 14.4. The van der Waals surface area contributed by atoms with Gasteiger partial charge in [0.05, 0.1) is 0 Å². The van der Waals surface area contributed by atoms with E-state index in [2.05, 4.69) is 69.2 Å². The number of hydrogen-bond donors (Lipinski definition) is 3. The summed E-state index contributed by atoms with van der Waals surface area (Å²) in [5.74, 6) is 1.32. The summed E-state index contributed by atoms with van der Waals surface area (Å²) in [6.07, 6.45) is 17.8. The van der Waals surface area contributed by atoms with Crippen molar-refractivity contribution in [3.05, 3.63) is 64.4 Å². The minimum absolute atomic E-state index is 0.526. The van der Waals surface area contributed by atoms with Crippen molar-refractivity contribution in [2.75, 3.05) is 16.8 Å². The first-order valence-electron chi connectivity index (χ1n) is 12.0. The molecule has 0 aromatic carbocycles. The minimum atomic E-state index is -0.823. The van der Waals surface area contributed by atoms with Crippen LogP contribution in [0.15, 0.2) is 58.9 Å². The maximum atomic E-state index is 11.5. The summed E-state index contributed by atoms with van der Waals surface area (Å²) in [5, 5.41) is 12.6. The Hall–Kier alpha value is -2.14. The van der Waals surface area contributed by atoms with E-state index in [1.165, 1.54) is 22.3 Å². The highest BCUT2D eigenvalue weighted by atomic mass is 32.2. The lowest BCUT2D eigenvalue weighted by atomic mass is 10.0. The summed E-state index contributed by atoms with van der Waals surface area (Å²) in [6.45, 7) is 12.9. The van der Waals surface area contributed by atoms with Crippen molar-refractivity contribution < 1.29 is 9.90 Å². The average molecular weight is 473 g/mol. The molecule has 1 atom stereocenters. The Labute approximate surface area is 205 Å². The molecule has 0 saturated heterocycles. The fraction of sp³-hybridized carbons (Fsp3) is 0.536. The molecule has 1 heterocycles. The van der Waals surface area contributed by atoms with Gasteiger partial charge in [-0.1, -0.05) is 46.6 Å². The van der Waals surface area contributed by atoms with Crippen LogP contribution in [0.5, 0.6) is 0 Å². The number of H-pyrrole nitrogens is 1. The van der Waals surface area contributed by atoms with Gasteiger partial charge in [-0.25, -0.2) is 4.79 Å². The molecule has 4 nitrogen and oxygen atoms in total. The molecule has 184 valence electrons. The predicted molar refractivity (Wildman–Crippen MR) is 146 cm³/mol. The van der Waals surface area contributed by atoms with E-state index in [-0.39, 0.29) is 0 Å². The monoisotopic (exact) mass is 472 g/mol. The van der Waals surface area contributed by atoms with Crippen LogP contribution in [0.2, 0.25) is 0 Å². The van der Waals surface area contributed by atoms with Gasteiger partial charge in [-0.2, -0.15) is 11.8 Å². The molecular formula is C28H44N2O2S. The lowest BCUT2D eigenvalue weighted by Gasteiger charge is -2.14. The first-order chi connectivity index (χ1) is 15.7. The second-order valence-corrected chi connectivity index (χ2v) is 10.2. The Morgan fingerprint density at radius 2 is 1.52 bits per heavy atom. The molecule has 0 aliphatic rings. The second kappa shape index (κ2) is 16.5. The number of aliphatic carboxylic acids is 1. The zero-order valence-electron chi connectivity index (χ0n) is 21.5. The van der Waals surface area contributed by atoms with Crippen molar-refractivity contribution in [1.29, 1.82) is 0 Å². The van der Waals surface area contributed by atoms with Crippen LogP contribution in [-0.2, 0) is 4.79 Å². The van der Waals surface area contributed by atoms with Gasteiger partial charge in [0.1, 0.15) is 11.9 Å². The number of hydrogen-bond acceptors (Lipinski definition) is 3. The maximum absolute atomic E-state index is 11.5. The van der Waals surface area contributed by atoms with E-state index in [0.717, 1.165) is 55.7 Å². The fourth-order valence-electron chi connectivity index (χ4n) is 3.33. The smallest absolute Gasteiger partial charge is 0.327 e. The molecule has 33 heavy (non-hydrogen) atoms. The number of thioether (sulfide) groups is 1. The predicted octanol–water partition coefficient (Wildman–Crippen LogP) is 8.07. The largest absolute Gasteiger partial charge is 0.480 e. The van der Waals surface area contributed by atoms with E-state index in [1.54, 1.807) is 11.8 Å². The van der Waals surface area contributed by atoms with E-state index in [1.807, 2.05) is 19.2 Å². The van der Waals surface area contributed by atoms with Crippen molar-refractivity contribution in [3.8, 4) is 0 Å². The summed E-state index contributed by atoms with van der Waals surface area (Å²) in [5.41, 5.74) is 6.73. The van der Waals surface area contributed by atoms with Gasteiger partial charge >= 0.3 is 5.97 Å². The number of carboxylic acid groups (broad SMARTS) is 1. The molecule has 0 radical (unpaired) electrons. The molecule has 1 aromatic rings. The molecule has 0 amide bonds. The topological polar surface area (TPSA) is 65.1 Å². The van der Waals surface area contributed by atoms with Crippen molar-refractivity contribution >= 4 is 23.5 Å². The molecule has 0 fully saturated rings. The molecular weight excluding hydrogens is 428 g/mol. The number of aromatic nitrogens is 1. The highest BCUT2D eigenvalue weighted by Crippen LogP contribution is 2.16. The Morgan fingerprint density at radius 3 is 2.00 bits per heavy atom. The molecule has 0 aliphatic carbocycles. The van der Waals surface area contributed by atoms with Gasteiger partial charge in [-0.05, 0) is 91.7 Å². The van der Waals surface area contributed by atoms with Crippen molar-refractivity contribution in [3.63, 3.8) is 0 Å². The van der Waals surface area contributed by atoms with Gasteiger partial charge in [0.15, 0.2) is 0 Å². The summed E-state index contributed by atoms with van der Waals surface area (Å²) in [4.78, 5) is 14.6. The number of carboxylic acids is 1. The van der Waals surface area contributed by atoms with Gasteiger partial charge in [0, 0.05) is 17.7 Å². The van der Waals surface area contributed by atoms with Gasteiger partial charge in [-0.15, -0.1) is 0 Å². The first kappa shape index (κ1) is 28.9. The van der Waals surface area contributed by atoms with Crippen molar-refractivity contribution in [1.82, 2.24) is 4.98 Å². The zero-order chi connectivity index (χ0) is 24.6. The summed E-state index contributed by atoms with van der Waals surface area (Å²) in [6, 6.07) is 1.33. The third kappa shape index (κ3) is 13.9. The summed E-state index contributed by atoms with van der Waals surface area (Å²) < 4.78 is 0. The van der Waals surface area contributed by atoms with Crippen LogP contribution in [0.3, 0.4) is 0 Å². The average Bonchev–Trinajstić information content (AvgIpc) is 3.14. The van der Waals surface area contributed by atoms with E-state index in [0.29, 0.717) is 5.75 Å². The zero-order valence-corrected chi connectivity index (χ0v) is 22.3. The Balaban J connectivity index is 2.28. The molecule has 0 saturated carbocycles. The van der Waals surface area contributed by atoms with Crippen LogP contribution in [-0.4, -0.2) is 33.6 Å². The van der Waals surface area contributed by atoms with E-state index in [4.69, 9.17) is 0 Å². The van der Waals surface area contributed by atoms with Crippen LogP contribution < -0.4 is 5.32 Å². The van der Waals surface area contributed by atoms with Crippen LogP contribution in [0, 0.1) is 6.92 Å². The fourth-order valence-corrected chi connectivity index (χ4v) is 4.33. The van der Waals surface area contributed by atoms with E-state index < -0.39 is 12.0 Å². The molecule has 3 N–H and O–H groups in total. The van der Waals surface area contributed by atoms with Crippen LogP contribution in [0.1, 0.15) is 78.7 Å². The molecule has 1 unspecified atom stereocenters. The van der Waals surface area contributed by atoms with Gasteiger partial charge in [-0.3, -0.25) is 0 Å². The molecule has 0 bridgehead atoms. The number of allylic oxidation sites excluding steroid dienone is 7. The summed E-state index contributed by atoms with van der Waals surface area (Å²) >= 11 is 1.65. The number of aryl methyl sites for hydroxylation is 1. The number of anilines is 1. The Morgan fingerprint density at radius 1 is 0.970 bits per heavy atom. The van der Waals surface area contributed by atoms with Gasteiger partial charge < -0.3 is 15.4 Å². The molecule has 0 spiro atoms. The third-order valence-electron chi connectivity index (χ3n) is 5.56. The van der Waals surface area contributed by atoms with E-state index >= 15 is 0 Å². The first-order valence-corrected chi connectivity index (χ1v) is 13.2. The standard InChI is InChI=1S/C28H44N2O2S/c1-21(2)10-7-11-22(3)12-8-13-23(4)14-9-15-24(5)17-19-33-20-26(28(31)32)30-27-25(6)16-18-29-27/h10,12,14,16-18,26,29-30H,7-9,11,13,15,19-20H2,1-6H3,(H,31,32). The highest BCUT2D eigenvalue weighted by molar-refractivity contribution is 7.99. The SMILES string of the molecule is CC(C)=CCCC(C)=CCCC(C)=CCCC(C)=CCSCC(Nc1[nH]ccc1C)C(=O)O. The number of rotatable bonds is 16. The number of aromatic amines is 1. The lowest BCUT2D eigenvalue weighted by Crippen LogP contribution is -2.32. The van der Waals surface area contributed by atoms with Gasteiger partial charge in [0.2, 0.25) is 0 Å². The highest BCUT2D eigenvalue weighted by Gasteiger charge is 2.18. The Bertz CT molecular complexity index is 842. The number of carbonyl (C=O) groups is 1. The van der Waals surface area contributed by atoms with Crippen LogP contribution >= 0.6 is 11.8 Å². The molecule has 1 rings (SSSR count). The van der Waals surface area contributed by atoms with Gasteiger partial charge in [0.25, 0.3) is 0 Å². The number of nitrogens with one attached hydrogen (secondary N) is 2. The maximum Gasteiger partial charge on any atom is 0.327 e. The van der Waals surface area contributed by atoms with Crippen molar-refractivity contribution in [2.45, 2.75) is 86.1 Å². The third-order valence-corrected chi connectivity index (χ3v) is 6.53. The second-order valence-electron chi connectivity index (χ2n) is 9.16. The van der Waals surface area contributed by atoms with Crippen molar-refractivity contribution in [2.24, 2.45) is 0 Å². The van der Waals surface area contributed by atoms with Crippen LogP contribution in [0.4, 0.5) is 5.82 Å². The minimum Gasteiger partial charge on any atom is -0.480 e. The molecule has 0 aliphatic heterocycles.